The third-order valence-electron chi connectivity index (χ3n) is 5.08. The highest BCUT2D eigenvalue weighted by Gasteiger charge is 2.62. The number of nitrogens with one attached hydrogen (secondary N) is 2. The average molecular weight is 561 g/mol. The number of hydrogen-bond donors (Lipinski definition) is 2. The summed E-state index contributed by atoms with van der Waals surface area (Å²) in [4.78, 5) is 17.3. The lowest BCUT2D eigenvalue weighted by atomic mass is 9.88. The number of hydrazine groups is 1. The second-order valence-corrected chi connectivity index (χ2v) is 8.72. The van der Waals surface area contributed by atoms with Gasteiger partial charge in [-0.15, -0.1) is 0 Å². The summed E-state index contributed by atoms with van der Waals surface area (Å²) < 4.78 is 47.4. The Morgan fingerprint density at radius 1 is 1.17 bits per heavy atom. The Bertz CT molecular complexity index is 1220. The van der Waals surface area contributed by atoms with E-state index >= 15 is 0 Å². The summed E-state index contributed by atoms with van der Waals surface area (Å²) in [5.74, 6) is 0.0832. The summed E-state index contributed by atoms with van der Waals surface area (Å²) in [6.07, 6.45) is -1.59. The highest BCUT2D eigenvalue weighted by atomic mass is 35.5. The number of oxime groups is 1. The van der Waals surface area contributed by atoms with Crippen LogP contribution >= 0.6 is 34.8 Å². The van der Waals surface area contributed by atoms with E-state index in [1.165, 1.54) is 31.4 Å². The maximum Gasteiger partial charge on any atom is 0.435 e. The van der Waals surface area contributed by atoms with Gasteiger partial charge in [-0.25, -0.2) is 0 Å². The molecule has 0 fully saturated rings. The van der Waals surface area contributed by atoms with Crippen molar-refractivity contribution in [2.24, 2.45) is 5.16 Å². The predicted octanol–water partition coefficient (Wildman–Crippen LogP) is 6.66. The van der Waals surface area contributed by atoms with Crippen LogP contribution in [0.3, 0.4) is 0 Å². The van der Waals surface area contributed by atoms with E-state index in [4.69, 9.17) is 44.4 Å². The van der Waals surface area contributed by atoms with E-state index in [9.17, 15) is 18.0 Å². The van der Waals surface area contributed by atoms with Crippen molar-refractivity contribution in [1.29, 1.82) is 0 Å². The minimum atomic E-state index is -4.83. The number of carbonyl (C=O) groups is 1. The number of benzene rings is 2. The van der Waals surface area contributed by atoms with Crippen molar-refractivity contribution in [2.45, 2.75) is 18.2 Å². The molecule has 1 heterocycles. The SMILES string of the molecule is C=C/C(Cl)=C(\C=C\C1=NOC(c2cc(Cl)cc(Cl)c2)(C(F)(F)F)C1)NNC(=O)c1ccc(OC)cc1. The van der Waals surface area contributed by atoms with Crippen LogP contribution < -0.4 is 15.6 Å². The molecule has 0 saturated heterocycles. The molecule has 2 N–H and O–H groups in total. The van der Waals surface area contributed by atoms with Gasteiger partial charge in [-0.1, -0.05) is 46.5 Å². The van der Waals surface area contributed by atoms with Gasteiger partial charge in [0.1, 0.15) is 5.75 Å². The Kier molecular flexibility index (Phi) is 8.60. The lowest BCUT2D eigenvalue weighted by Crippen LogP contribution is -2.42. The first-order chi connectivity index (χ1) is 17.0. The minimum Gasteiger partial charge on any atom is -0.497 e. The fraction of sp³-hybridized carbons (Fsp3) is 0.167. The van der Waals surface area contributed by atoms with Gasteiger partial charge in [0.05, 0.1) is 23.6 Å². The van der Waals surface area contributed by atoms with Gasteiger partial charge in [0.15, 0.2) is 0 Å². The number of hydrogen-bond acceptors (Lipinski definition) is 5. The first-order valence-electron chi connectivity index (χ1n) is 10.2. The Morgan fingerprint density at radius 2 is 1.81 bits per heavy atom. The van der Waals surface area contributed by atoms with E-state index in [0.717, 1.165) is 12.1 Å². The lowest BCUT2D eigenvalue weighted by molar-refractivity contribution is -0.275. The van der Waals surface area contributed by atoms with E-state index in [1.807, 2.05) is 0 Å². The maximum atomic E-state index is 14.1. The number of nitrogens with zero attached hydrogens (tertiary/aromatic N) is 1. The van der Waals surface area contributed by atoms with Crippen LogP contribution in [-0.2, 0) is 10.4 Å². The quantitative estimate of drug-likeness (QED) is 0.280. The molecule has 1 atom stereocenters. The highest BCUT2D eigenvalue weighted by molar-refractivity contribution is 6.34. The molecule has 1 unspecified atom stereocenters. The van der Waals surface area contributed by atoms with Crippen LogP contribution in [0.4, 0.5) is 13.2 Å². The number of methoxy groups -OCH3 is 1. The molecule has 0 radical (unpaired) electrons. The molecule has 190 valence electrons. The maximum absolute atomic E-state index is 14.1. The molecule has 1 aliphatic rings. The first-order valence-corrected chi connectivity index (χ1v) is 11.3. The standard InChI is InChI=1S/C24H19Cl3F3N3O3/c1-3-20(27)21(31-32-22(34)14-4-7-19(35-2)8-5-14)9-6-18-13-23(36-33-18,24(28,29)30)15-10-16(25)12-17(26)11-15/h3-12,31H,1,13H2,2H3,(H,32,34)/b9-6+,21-20-. The minimum absolute atomic E-state index is 0.0218. The Morgan fingerprint density at radius 3 is 2.36 bits per heavy atom. The average Bonchev–Trinajstić information content (AvgIpc) is 3.29. The van der Waals surface area contributed by atoms with Gasteiger partial charge >= 0.3 is 6.18 Å². The third-order valence-corrected chi connectivity index (χ3v) is 5.87. The molecule has 3 rings (SSSR count). The zero-order chi connectivity index (χ0) is 26.5. The van der Waals surface area contributed by atoms with Crippen LogP contribution in [0.5, 0.6) is 5.75 Å². The summed E-state index contributed by atoms with van der Waals surface area (Å²) in [6, 6.07) is 9.88. The first kappa shape index (κ1) is 27.4. The zero-order valence-corrected chi connectivity index (χ0v) is 20.9. The summed E-state index contributed by atoms with van der Waals surface area (Å²) in [7, 11) is 1.50. The molecule has 0 spiro atoms. The van der Waals surface area contributed by atoms with E-state index in [0.29, 0.717) is 11.3 Å². The van der Waals surface area contributed by atoms with Crippen LogP contribution in [0.1, 0.15) is 22.3 Å². The van der Waals surface area contributed by atoms with Crippen molar-refractivity contribution in [2.75, 3.05) is 7.11 Å². The van der Waals surface area contributed by atoms with Gasteiger partial charge in [0.2, 0.25) is 0 Å². The fourth-order valence-corrected chi connectivity index (χ4v) is 3.85. The summed E-state index contributed by atoms with van der Waals surface area (Å²) in [5, 5.41) is 3.74. The van der Waals surface area contributed by atoms with Crippen molar-refractivity contribution < 1.29 is 27.5 Å². The molecule has 0 saturated carbocycles. The molecule has 2 aromatic rings. The normalized spacial score (nSPS) is 18.2. The second-order valence-electron chi connectivity index (χ2n) is 7.44. The van der Waals surface area contributed by atoms with Crippen LogP contribution in [0.15, 0.2) is 83.2 Å². The molecule has 36 heavy (non-hydrogen) atoms. The Hall–Kier alpha value is -3.14. The van der Waals surface area contributed by atoms with E-state index in [2.05, 4.69) is 22.6 Å². The fourth-order valence-electron chi connectivity index (χ4n) is 3.21. The van der Waals surface area contributed by atoms with Crippen molar-refractivity contribution >= 4 is 46.4 Å². The van der Waals surface area contributed by atoms with Gasteiger partial charge < -0.3 is 9.57 Å². The van der Waals surface area contributed by atoms with Crippen LogP contribution in [0, 0.1) is 0 Å². The Balaban J connectivity index is 1.77. The number of alkyl halides is 3. The molecule has 12 heteroatoms. The van der Waals surface area contributed by atoms with Crippen LogP contribution in [-0.4, -0.2) is 24.9 Å². The number of halogens is 6. The Labute approximate surface area is 220 Å². The molecular formula is C24H19Cl3F3N3O3. The van der Waals surface area contributed by atoms with E-state index in [1.54, 1.807) is 24.3 Å². The van der Waals surface area contributed by atoms with Gasteiger partial charge in [0.25, 0.3) is 11.5 Å². The van der Waals surface area contributed by atoms with E-state index < -0.39 is 24.1 Å². The van der Waals surface area contributed by atoms with Crippen molar-refractivity contribution in [3.8, 4) is 5.75 Å². The van der Waals surface area contributed by atoms with Gasteiger partial charge in [-0.2, -0.15) is 13.2 Å². The zero-order valence-electron chi connectivity index (χ0n) is 18.6. The molecule has 1 aliphatic heterocycles. The molecular weight excluding hydrogens is 542 g/mol. The summed E-state index contributed by atoms with van der Waals surface area (Å²) in [6.45, 7) is 3.56. The van der Waals surface area contributed by atoms with Crippen LogP contribution in [0.2, 0.25) is 10.0 Å². The predicted molar refractivity (Wildman–Crippen MR) is 133 cm³/mol. The van der Waals surface area contributed by atoms with Crippen LogP contribution in [0.25, 0.3) is 0 Å². The number of ether oxygens (including phenoxy) is 1. The topological polar surface area (TPSA) is 72.0 Å². The molecule has 0 aliphatic carbocycles. The summed E-state index contributed by atoms with van der Waals surface area (Å²) in [5.41, 5.74) is 2.44. The number of allylic oxidation sites excluding steroid dienone is 4. The molecule has 1 amide bonds. The highest BCUT2D eigenvalue weighted by Crippen LogP contribution is 2.49. The van der Waals surface area contributed by atoms with E-state index in [-0.39, 0.29) is 32.0 Å². The monoisotopic (exact) mass is 559 g/mol. The van der Waals surface area contributed by atoms with Gasteiger partial charge in [-0.3, -0.25) is 15.6 Å². The number of rotatable bonds is 8. The number of amides is 1. The molecule has 0 bridgehead atoms. The van der Waals surface area contributed by atoms with Crippen molar-refractivity contribution in [3.63, 3.8) is 0 Å². The third kappa shape index (κ3) is 6.16. The molecule has 0 aromatic heterocycles. The van der Waals surface area contributed by atoms with Crippen molar-refractivity contribution in [1.82, 2.24) is 10.9 Å². The largest absolute Gasteiger partial charge is 0.497 e. The smallest absolute Gasteiger partial charge is 0.435 e. The molecule has 2 aromatic carbocycles. The lowest BCUT2D eigenvalue weighted by Gasteiger charge is -2.29. The van der Waals surface area contributed by atoms with Gasteiger partial charge in [-0.05, 0) is 60.7 Å². The molecule has 6 nitrogen and oxygen atoms in total. The van der Waals surface area contributed by atoms with Gasteiger partial charge in [0, 0.05) is 27.6 Å². The second kappa shape index (κ2) is 11.3. The summed E-state index contributed by atoms with van der Waals surface area (Å²) >= 11 is 18.0. The van der Waals surface area contributed by atoms with Crippen molar-refractivity contribution in [3.05, 3.63) is 99.2 Å². The number of carbonyl (C=O) groups excluding carboxylic acids is 1.